The van der Waals surface area contributed by atoms with E-state index >= 15 is 0 Å². The molecule has 1 saturated carbocycles. The maximum absolute atomic E-state index is 14.9. The molecule has 4 atom stereocenters. The van der Waals surface area contributed by atoms with Gasteiger partial charge in [0.15, 0.2) is 25.5 Å². The summed E-state index contributed by atoms with van der Waals surface area (Å²) in [5, 5.41) is 0. The predicted molar refractivity (Wildman–Crippen MR) is 142 cm³/mol. The molecular formula is C29H29F5O5S2. The Balaban J connectivity index is 1.58. The lowest BCUT2D eigenvalue weighted by Crippen LogP contribution is -2.45. The van der Waals surface area contributed by atoms with E-state index in [0.29, 0.717) is 24.5 Å². The van der Waals surface area contributed by atoms with Gasteiger partial charge in [0.25, 0.3) is 0 Å². The van der Waals surface area contributed by atoms with Crippen LogP contribution in [-0.2, 0) is 41.3 Å². The quantitative estimate of drug-likeness (QED) is 0.297. The van der Waals surface area contributed by atoms with E-state index in [9.17, 15) is 43.6 Å². The molecule has 1 fully saturated rings. The van der Waals surface area contributed by atoms with Gasteiger partial charge in [0.05, 0.1) is 16.4 Å². The van der Waals surface area contributed by atoms with Gasteiger partial charge >= 0.3 is 6.18 Å². The summed E-state index contributed by atoms with van der Waals surface area (Å²) in [5.74, 6) is -2.24. The molecular weight excluding hydrogens is 587 g/mol. The summed E-state index contributed by atoms with van der Waals surface area (Å²) in [6.45, 7) is 0.424. The van der Waals surface area contributed by atoms with Crippen LogP contribution in [0, 0.1) is 17.7 Å². The highest BCUT2D eigenvalue weighted by Crippen LogP contribution is 2.60. The zero-order chi connectivity index (χ0) is 30.0. The maximum Gasteiger partial charge on any atom is 0.426 e. The lowest BCUT2D eigenvalue weighted by Gasteiger charge is -2.43. The minimum absolute atomic E-state index is 0.00127. The van der Waals surface area contributed by atoms with E-state index in [1.807, 2.05) is 0 Å². The Bertz CT molecular complexity index is 1630. The fraction of sp³-hybridized carbons (Fsp3) is 0.483. The zero-order valence-electron chi connectivity index (χ0n) is 22.2. The molecule has 2 aromatic carbocycles. The first-order valence-electron chi connectivity index (χ1n) is 13.3. The number of halogens is 5. The van der Waals surface area contributed by atoms with Crippen LogP contribution in [0.15, 0.2) is 59.0 Å². The van der Waals surface area contributed by atoms with E-state index in [2.05, 4.69) is 0 Å². The van der Waals surface area contributed by atoms with Gasteiger partial charge in [-0.05, 0) is 97.4 Å². The van der Waals surface area contributed by atoms with Gasteiger partial charge in [0.2, 0.25) is 5.67 Å². The molecule has 5 rings (SSSR count). The van der Waals surface area contributed by atoms with E-state index in [4.69, 9.17) is 0 Å². The number of sulfone groups is 2. The Labute approximate surface area is 235 Å². The molecule has 41 heavy (non-hydrogen) atoms. The second-order valence-corrected chi connectivity index (χ2v) is 15.8. The van der Waals surface area contributed by atoms with Crippen molar-refractivity contribution in [2.45, 2.75) is 66.9 Å². The third-order valence-electron chi connectivity index (χ3n) is 9.09. The number of aryl methyl sites for hydroxylation is 1. The van der Waals surface area contributed by atoms with Crippen molar-refractivity contribution in [3.63, 3.8) is 0 Å². The highest BCUT2D eigenvalue weighted by atomic mass is 32.2. The Kier molecular flexibility index (Phi) is 7.29. The van der Waals surface area contributed by atoms with Crippen molar-refractivity contribution in [2.75, 3.05) is 11.5 Å². The second-order valence-electron chi connectivity index (χ2n) is 11.4. The molecule has 222 valence electrons. The van der Waals surface area contributed by atoms with Crippen molar-refractivity contribution in [1.82, 2.24) is 0 Å². The topological polar surface area (TPSA) is 85.3 Å². The van der Waals surface area contributed by atoms with E-state index < -0.39 is 59.5 Å². The monoisotopic (exact) mass is 616 g/mol. The van der Waals surface area contributed by atoms with E-state index in [-0.39, 0.29) is 59.9 Å². The highest BCUT2D eigenvalue weighted by Gasteiger charge is 2.61. The van der Waals surface area contributed by atoms with Crippen LogP contribution in [0.4, 0.5) is 22.0 Å². The second kappa shape index (κ2) is 10.00. The summed E-state index contributed by atoms with van der Waals surface area (Å²) in [4.78, 5) is 13.0. The van der Waals surface area contributed by atoms with Crippen LogP contribution >= 0.6 is 0 Å². The van der Waals surface area contributed by atoms with Crippen LogP contribution in [0.25, 0.3) is 0 Å². The lowest BCUT2D eigenvalue weighted by atomic mass is 9.71. The molecule has 1 unspecified atom stereocenters. The van der Waals surface area contributed by atoms with Crippen LogP contribution in [0.5, 0.6) is 0 Å². The zero-order valence-corrected chi connectivity index (χ0v) is 23.8. The molecule has 0 spiro atoms. The first kappa shape index (κ1) is 29.9. The summed E-state index contributed by atoms with van der Waals surface area (Å²) in [7, 11) is -7.51. The number of rotatable bonds is 6. The van der Waals surface area contributed by atoms with Gasteiger partial charge in [-0.15, -0.1) is 0 Å². The van der Waals surface area contributed by atoms with E-state index in [0.717, 1.165) is 36.4 Å². The van der Waals surface area contributed by atoms with Gasteiger partial charge in [0, 0.05) is 6.42 Å². The number of Topliss-reactive ketones (excluding diaryl/α,β-unsaturated/α-hetero) is 1. The summed E-state index contributed by atoms with van der Waals surface area (Å²) < 4.78 is 120. The standard InChI is InChI=1S/C29H29F5O5S2/c1-27(31,29(32,33)34)21-3-9-25-19(16-21)2-8-24-20(17-26(35)18-11-14-40(36,37)15-12-18)10-13-28(24,25)41(38,39)23-6-4-22(30)5-7-23/h3-7,9,11,16,20,24H,2,8,10,12-15,17H2,1H3/t20-,24-,27?,28-/m0/s1. The van der Waals surface area contributed by atoms with Crippen LogP contribution in [-0.4, -0.2) is 40.3 Å². The number of hydrogen-bond acceptors (Lipinski definition) is 5. The molecule has 5 nitrogen and oxygen atoms in total. The van der Waals surface area contributed by atoms with Gasteiger partial charge in [-0.2, -0.15) is 13.2 Å². The number of carbonyl (C=O) groups excluding carboxylic acids is 1. The molecule has 1 heterocycles. The average Bonchev–Trinajstić information content (AvgIpc) is 3.28. The average molecular weight is 617 g/mol. The number of fused-ring (bicyclic) bond motifs is 3. The van der Waals surface area contributed by atoms with Crippen molar-refractivity contribution in [3.8, 4) is 0 Å². The van der Waals surface area contributed by atoms with Crippen LogP contribution in [0.1, 0.15) is 55.7 Å². The Hall–Kier alpha value is -2.60. The molecule has 0 radical (unpaired) electrons. The Morgan fingerprint density at radius 2 is 1.71 bits per heavy atom. The number of carbonyl (C=O) groups is 1. The van der Waals surface area contributed by atoms with Crippen LogP contribution < -0.4 is 0 Å². The van der Waals surface area contributed by atoms with Crippen molar-refractivity contribution in [1.29, 1.82) is 0 Å². The molecule has 0 bridgehead atoms. The van der Waals surface area contributed by atoms with Crippen LogP contribution in [0.3, 0.4) is 0 Å². The molecule has 3 aliphatic rings. The molecule has 0 aromatic heterocycles. The number of benzene rings is 2. The summed E-state index contributed by atoms with van der Waals surface area (Å²) in [6.07, 6.45) is -2.86. The molecule has 0 saturated heterocycles. The number of ketones is 1. The molecule has 2 aromatic rings. The molecule has 0 amide bonds. The minimum atomic E-state index is -5.18. The maximum atomic E-state index is 14.9. The fourth-order valence-electron chi connectivity index (χ4n) is 6.80. The molecule has 2 aliphatic carbocycles. The first-order chi connectivity index (χ1) is 19.0. The minimum Gasteiger partial charge on any atom is -0.295 e. The summed E-state index contributed by atoms with van der Waals surface area (Å²) in [6, 6.07) is 7.65. The number of allylic oxidation sites excluding steroid dienone is 1. The smallest absolute Gasteiger partial charge is 0.295 e. The third-order valence-corrected chi connectivity index (χ3v) is 13.2. The third kappa shape index (κ3) is 4.94. The van der Waals surface area contributed by atoms with Crippen molar-refractivity contribution < 1.29 is 43.6 Å². The van der Waals surface area contributed by atoms with Crippen molar-refractivity contribution in [3.05, 3.63) is 76.6 Å². The SMILES string of the molecule is CC(F)(c1ccc2c(c1)CC[C@H]1[C@H](CC(=O)C3=CCS(=O)(=O)CC3)CC[C@@]21S(=O)(=O)c1ccc(F)cc1)C(F)(F)F. The number of alkyl halides is 4. The van der Waals surface area contributed by atoms with Gasteiger partial charge in [-0.3, -0.25) is 4.79 Å². The Morgan fingerprint density at radius 3 is 2.32 bits per heavy atom. The Morgan fingerprint density at radius 1 is 1.02 bits per heavy atom. The normalized spacial score (nSPS) is 27.3. The fourth-order valence-corrected chi connectivity index (χ4v) is 10.4. The highest BCUT2D eigenvalue weighted by molar-refractivity contribution is 7.92. The first-order valence-corrected chi connectivity index (χ1v) is 16.6. The van der Waals surface area contributed by atoms with E-state index in [1.165, 1.54) is 12.1 Å². The van der Waals surface area contributed by atoms with Gasteiger partial charge in [0.1, 0.15) is 10.6 Å². The molecule has 1 aliphatic heterocycles. The predicted octanol–water partition coefficient (Wildman–Crippen LogP) is 5.92. The molecule has 12 heteroatoms. The van der Waals surface area contributed by atoms with Gasteiger partial charge < -0.3 is 0 Å². The molecule has 0 N–H and O–H groups in total. The van der Waals surface area contributed by atoms with Gasteiger partial charge in [-0.25, -0.2) is 25.6 Å². The summed E-state index contributed by atoms with van der Waals surface area (Å²) in [5.41, 5.74) is -3.30. The summed E-state index contributed by atoms with van der Waals surface area (Å²) >= 11 is 0. The van der Waals surface area contributed by atoms with Gasteiger partial charge in [-0.1, -0.05) is 24.3 Å². The van der Waals surface area contributed by atoms with Crippen molar-refractivity contribution in [2.24, 2.45) is 11.8 Å². The van der Waals surface area contributed by atoms with E-state index in [1.54, 1.807) is 0 Å². The lowest BCUT2D eigenvalue weighted by molar-refractivity contribution is -0.228. The largest absolute Gasteiger partial charge is 0.426 e. The van der Waals surface area contributed by atoms with Crippen LogP contribution in [0.2, 0.25) is 0 Å². The van der Waals surface area contributed by atoms with Crippen molar-refractivity contribution >= 4 is 25.5 Å². The number of hydrogen-bond donors (Lipinski definition) is 0.